The van der Waals surface area contributed by atoms with Gasteiger partial charge in [0.2, 0.25) is 0 Å². The number of carboxylic acids is 1. The first-order valence-corrected chi connectivity index (χ1v) is 7.34. The number of hydrogen-bond donors (Lipinski definition) is 2. The van der Waals surface area contributed by atoms with Crippen LogP contribution in [0.15, 0.2) is 48.8 Å². The lowest BCUT2D eigenvalue weighted by Crippen LogP contribution is -2.21. The molecular weight excluding hydrogens is 329 g/mol. The maximum atomic E-state index is 12.9. The fraction of sp³-hybridized carbons (Fsp3) is 0.125. The highest BCUT2D eigenvalue weighted by atomic mass is 19.1. The van der Waals surface area contributed by atoms with Crippen molar-refractivity contribution in [3.05, 3.63) is 65.9 Å². The summed E-state index contributed by atoms with van der Waals surface area (Å²) in [5, 5.41) is 19.4. The fourth-order valence-corrected chi connectivity index (χ4v) is 2.25. The number of halogens is 1. The standard InChI is InChI=1S/C16H14FN5O3/c17-12-3-1-11(2-4-12)9-21-8-6-14(20-21)19-16(25)13-5-7-18-22(13)10-15(23)24/h1-8H,9-10H2,(H,23,24)(H,19,20,25). The lowest BCUT2D eigenvalue weighted by Gasteiger charge is -2.05. The average Bonchev–Trinajstić information content (AvgIpc) is 3.18. The van der Waals surface area contributed by atoms with Crippen molar-refractivity contribution in [3.8, 4) is 0 Å². The lowest BCUT2D eigenvalue weighted by atomic mass is 10.2. The maximum Gasteiger partial charge on any atom is 0.325 e. The van der Waals surface area contributed by atoms with E-state index >= 15 is 0 Å². The quantitative estimate of drug-likeness (QED) is 0.708. The van der Waals surface area contributed by atoms with Crippen molar-refractivity contribution in [1.82, 2.24) is 19.6 Å². The summed E-state index contributed by atoms with van der Waals surface area (Å²) in [5.74, 6) is -1.60. The fourth-order valence-electron chi connectivity index (χ4n) is 2.25. The molecule has 2 N–H and O–H groups in total. The molecule has 0 aliphatic heterocycles. The van der Waals surface area contributed by atoms with E-state index in [0.717, 1.165) is 10.2 Å². The van der Waals surface area contributed by atoms with Crippen LogP contribution >= 0.6 is 0 Å². The molecule has 0 saturated carbocycles. The first-order valence-electron chi connectivity index (χ1n) is 7.34. The van der Waals surface area contributed by atoms with E-state index in [2.05, 4.69) is 15.5 Å². The van der Waals surface area contributed by atoms with E-state index in [1.807, 2.05) is 0 Å². The highest BCUT2D eigenvalue weighted by molar-refractivity contribution is 6.02. The van der Waals surface area contributed by atoms with Gasteiger partial charge in [0.1, 0.15) is 18.1 Å². The lowest BCUT2D eigenvalue weighted by molar-refractivity contribution is -0.137. The molecule has 1 aromatic carbocycles. The number of carbonyl (C=O) groups excluding carboxylic acids is 1. The van der Waals surface area contributed by atoms with Crippen LogP contribution in [0.25, 0.3) is 0 Å². The molecule has 128 valence electrons. The highest BCUT2D eigenvalue weighted by Crippen LogP contribution is 2.09. The van der Waals surface area contributed by atoms with Gasteiger partial charge in [0.15, 0.2) is 5.82 Å². The summed E-state index contributed by atoms with van der Waals surface area (Å²) in [6.07, 6.45) is 3.03. The number of hydrogen-bond acceptors (Lipinski definition) is 4. The zero-order valence-corrected chi connectivity index (χ0v) is 13.0. The first-order chi connectivity index (χ1) is 12.0. The van der Waals surface area contributed by atoms with Gasteiger partial charge in [0.25, 0.3) is 5.91 Å². The van der Waals surface area contributed by atoms with Gasteiger partial charge in [0.05, 0.1) is 6.54 Å². The summed E-state index contributed by atoms with van der Waals surface area (Å²) in [7, 11) is 0. The van der Waals surface area contributed by atoms with Crippen LogP contribution < -0.4 is 5.32 Å². The van der Waals surface area contributed by atoms with E-state index < -0.39 is 18.4 Å². The minimum Gasteiger partial charge on any atom is -0.480 e. The van der Waals surface area contributed by atoms with Crippen molar-refractivity contribution in [2.24, 2.45) is 0 Å². The van der Waals surface area contributed by atoms with Crippen LogP contribution in [0.2, 0.25) is 0 Å². The van der Waals surface area contributed by atoms with E-state index in [1.54, 1.807) is 29.1 Å². The molecule has 0 aliphatic rings. The number of rotatable bonds is 6. The van der Waals surface area contributed by atoms with Crippen LogP contribution in [0, 0.1) is 5.82 Å². The van der Waals surface area contributed by atoms with Crippen LogP contribution in [0.5, 0.6) is 0 Å². The molecule has 0 saturated heterocycles. The van der Waals surface area contributed by atoms with Crippen LogP contribution in [0.1, 0.15) is 16.1 Å². The van der Waals surface area contributed by atoms with Gasteiger partial charge < -0.3 is 10.4 Å². The molecule has 0 aliphatic carbocycles. The number of benzene rings is 1. The third-order valence-electron chi connectivity index (χ3n) is 3.37. The molecule has 9 heteroatoms. The van der Waals surface area contributed by atoms with E-state index in [0.29, 0.717) is 12.4 Å². The Hall–Kier alpha value is -3.49. The molecule has 0 bridgehead atoms. The molecule has 0 fully saturated rings. The third-order valence-corrected chi connectivity index (χ3v) is 3.37. The van der Waals surface area contributed by atoms with Crippen LogP contribution in [0.3, 0.4) is 0 Å². The van der Waals surface area contributed by atoms with Gasteiger partial charge in [-0.2, -0.15) is 10.2 Å². The van der Waals surface area contributed by atoms with Crippen LogP contribution in [-0.2, 0) is 17.9 Å². The normalized spacial score (nSPS) is 10.6. The van der Waals surface area contributed by atoms with Gasteiger partial charge in [-0.05, 0) is 23.8 Å². The molecule has 3 rings (SSSR count). The number of carboxylic acid groups (broad SMARTS) is 1. The number of nitrogens with one attached hydrogen (secondary N) is 1. The molecule has 8 nitrogen and oxygen atoms in total. The van der Waals surface area contributed by atoms with Crippen molar-refractivity contribution in [3.63, 3.8) is 0 Å². The number of amides is 1. The minimum absolute atomic E-state index is 0.121. The van der Waals surface area contributed by atoms with Gasteiger partial charge in [-0.3, -0.25) is 14.3 Å². The molecular formula is C16H14FN5O3. The second kappa shape index (κ2) is 6.95. The van der Waals surface area contributed by atoms with Crippen LogP contribution in [0.4, 0.5) is 10.2 Å². The smallest absolute Gasteiger partial charge is 0.325 e. The summed E-state index contributed by atoms with van der Waals surface area (Å²) in [4.78, 5) is 23.0. The second-order valence-electron chi connectivity index (χ2n) is 5.25. The highest BCUT2D eigenvalue weighted by Gasteiger charge is 2.15. The van der Waals surface area contributed by atoms with Gasteiger partial charge in [-0.25, -0.2) is 9.07 Å². The van der Waals surface area contributed by atoms with Crippen LogP contribution in [-0.4, -0.2) is 36.5 Å². The van der Waals surface area contributed by atoms with E-state index in [-0.39, 0.29) is 11.5 Å². The largest absolute Gasteiger partial charge is 0.480 e. The number of nitrogens with zero attached hydrogens (tertiary/aromatic N) is 4. The third kappa shape index (κ3) is 4.08. The zero-order chi connectivity index (χ0) is 17.8. The molecule has 1 amide bonds. The Kier molecular flexibility index (Phi) is 4.55. The Bertz CT molecular complexity index is 901. The molecule has 3 aromatic rings. The Morgan fingerprint density at radius 2 is 1.92 bits per heavy atom. The maximum absolute atomic E-state index is 12.9. The van der Waals surface area contributed by atoms with Crippen molar-refractivity contribution >= 4 is 17.7 Å². The van der Waals surface area contributed by atoms with E-state index in [4.69, 9.17) is 5.11 Å². The first kappa shape index (κ1) is 16.4. The Balaban J connectivity index is 1.67. The average molecular weight is 343 g/mol. The zero-order valence-electron chi connectivity index (χ0n) is 13.0. The van der Waals surface area contributed by atoms with Gasteiger partial charge >= 0.3 is 5.97 Å². The SMILES string of the molecule is O=C(O)Cn1nccc1C(=O)Nc1ccn(Cc2ccc(F)cc2)n1. The summed E-state index contributed by atoms with van der Waals surface area (Å²) >= 11 is 0. The minimum atomic E-state index is -1.10. The molecule has 2 aromatic heterocycles. The topological polar surface area (TPSA) is 102 Å². The molecule has 0 unspecified atom stereocenters. The van der Waals surface area contributed by atoms with Crippen molar-refractivity contribution < 1.29 is 19.1 Å². The number of anilines is 1. The molecule has 2 heterocycles. The molecule has 25 heavy (non-hydrogen) atoms. The summed E-state index contributed by atoms with van der Waals surface area (Å²) in [6, 6.07) is 9.07. The predicted molar refractivity (Wildman–Crippen MR) is 85.5 cm³/mol. The van der Waals surface area contributed by atoms with Crippen molar-refractivity contribution in [2.45, 2.75) is 13.1 Å². The Labute approximate surface area is 141 Å². The number of aromatic nitrogens is 4. The molecule has 0 spiro atoms. The summed E-state index contributed by atoms with van der Waals surface area (Å²) in [5.41, 5.74) is 0.984. The van der Waals surface area contributed by atoms with E-state index in [9.17, 15) is 14.0 Å². The number of aliphatic carboxylic acids is 1. The predicted octanol–water partition coefficient (Wildman–Crippen LogP) is 1.60. The van der Waals surface area contributed by atoms with Crippen molar-refractivity contribution in [1.29, 1.82) is 0 Å². The second-order valence-corrected chi connectivity index (χ2v) is 5.25. The monoisotopic (exact) mass is 343 g/mol. The van der Waals surface area contributed by atoms with Crippen molar-refractivity contribution in [2.75, 3.05) is 5.32 Å². The molecule has 0 atom stereocenters. The Morgan fingerprint density at radius 1 is 1.16 bits per heavy atom. The summed E-state index contributed by atoms with van der Waals surface area (Å²) in [6.45, 7) is 0.0157. The summed E-state index contributed by atoms with van der Waals surface area (Å²) < 4.78 is 15.6. The van der Waals surface area contributed by atoms with Gasteiger partial charge in [-0.1, -0.05) is 12.1 Å². The molecule has 0 radical (unpaired) electrons. The van der Waals surface area contributed by atoms with Gasteiger partial charge in [-0.15, -0.1) is 0 Å². The van der Waals surface area contributed by atoms with E-state index in [1.165, 1.54) is 24.4 Å². The Morgan fingerprint density at radius 3 is 2.64 bits per heavy atom. The van der Waals surface area contributed by atoms with Gasteiger partial charge in [0, 0.05) is 18.5 Å². The number of carbonyl (C=O) groups is 2.